The Morgan fingerprint density at radius 2 is 1.16 bits per heavy atom. The Labute approximate surface area is 334 Å². The highest BCUT2D eigenvalue weighted by Gasteiger charge is 2.47. The highest BCUT2D eigenvalue weighted by molar-refractivity contribution is 5.89. The lowest BCUT2D eigenvalue weighted by atomic mass is 9.66. The van der Waals surface area contributed by atoms with Gasteiger partial charge >= 0.3 is 0 Å². The fraction of sp³-hybridized carbons (Fsp3) is 0.0741. The number of hydrogen-bond donors (Lipinski definition) is 1. The van der Waals surface area contributed by atoms with Gasteiger partial charge in [-0.1, -0.05) is 146 Å². The number of rotatable bonds is 10. The molecule has 0 radical (unpaired) electrons. The number of nitrogens with one attached hydrogen (secondary N) is 1. The van der Waals surface area contributed by atoms with E-state index in [9.17, 15) is 4.39 Å². The summed E-state index contributed by atoms with van der Waals surface area (Å²) in [6.45, 7) is 8.78. The quantitative estimate of drug-likeness (QED) is 0.151. The van der Waals surface area contributed by atoms with E-state index < -0.39 is 5.41 Å². The van der Waals surface area contributed by atoms with Crippen molar-refractivity contribution in [3.05, 3.63) is 239 Å². The number of aryl methyl sites for hydroxylation is 2. The van der Waals surface area contributed by atoms with Crippen molar-refractivity contribution in [3.8, 4) is 39.1 Å². The van der Waals surface area contributed by atoms with Crippen molar-refractivity contribution in [2.45, 2.75) is 25.9 Å². The molecule has 8 aromatic rings. The van der Waals surface area contributed by atoms with Gasteiger partial charge < -0.3 is 10.1 Å². The molecule has 0 saturated heterocycles. The molecule has 1 aliphatic carbocycles. The molecule has 1 unspecified atom stereocenters. The van der Waals surface area contributed by atoms with Crippen LogP contribution in [0.4, 0.5) is 15.8 Å². The summed E-state index contributed by atoms with van der Waals surface area (Å²) >= 11 is 0. The molecule has 0 aromatic heterocycles. The minimum absolute atomic E-state index is 0.231. The zero-order valence-electron chi connectivity index (χ0n) is 32.1. The van der Waals surface area contributed by atoms with Crippen LogP contribution >= 0.6 is 0 Å². The molecular weight excluding hydrogens is 698 g/mol. The van der Waals surface area contributed by atoms with E-state index in [4.69, 9.17) is 4.74 Å². The summed E-state index contributed by atoms with van der Waals surface area (Å²) in [5.41, 5.74) is 18.0. The molecule has 0 amide bonds. The Morgan fingerprint density at radius 1 is 0.561 bits per heavy atom. The van der Waals surface area contributed by atoms with E-state index in [1.165, 1.54) is 56.6 Å². The normalized spacial score (nSPS) is 14.1. The van der Waals surface area contributed by atoms with Gasteiger partial charge in [-0.3, -0.25) is 0 Å². The van der Waals surface area contributed by atoms with Crippen molar-refractivity contribution in [1.29, 1.82) is 0 Å². The summed E-state index contributed by atoms with van der Waals surface area (Å²) < 4.78 is 19.8. The van der Waals surface area contributed by atoms with Crippen LogP contribution in [-0.2, 0) is 12.0 Å². The molecule has 1 atom stereocenters. The van der Waals surface area contributed by atoms with E-state index in [0.717, 1.165) is 50.5 Å². The standard InChI is InChI=1S/C54H42FNO/c1-4-38-11-13-39(14-12-38)35-57-48-30-22-44(23-31-48)54(52-33-36(2)9-10-37(52)3)51-8-6-5-7-49(51)50-32-21-43(34-53(50)54)42-19-28-47(29-20-42)56-46-26-17-41(18-27-46)40-15-24-45(55)25-16-40/h4-34,56H,1,35H2,2-3H3. The molecule has 9 rings (SSSR count). The molecule has 3 heteroatoms. The summed E-state index contributed by atoms with van der Waals surface area (Å²) in [5.74, 6) is 0.602. The zero-order chi connectivity index (χ0) is 38.9. The van der Waals surface area contributed by atoms with Crippen LogP contribution in [0.1, 0.15) is 44.5 Å². The van der Waals surface area contributed by atoms with Gasteiger partial charge in [0.25, 0.3) is 0 Å². The molecule has 0 heterocycles. The van der Waals surface area contributed by atoms with Crippen molar-refractivity contribution in [1.82, 2.24) is 0 Å². The van der Waals surface area contributed by atoms with Crippen LogP contribution in [0.2, 0.25) is 0 Å². The number of anilines is 2. The third-order valence-corrected chi connectivity index (χ3v) is 11.3. The second-order valence-electron chi connectivity index (χ2n) is 14.9. The van der Waals surface area contributed by atoms with Crippen LogP contribution in [-0.4, -0.2) is 0 Å². The van der Waals surface area contributed by atoms with Gasteiger partial charge in [-0.25, -0.2) is 4.39 Å². The van der Waals surface area contributed by atoms with Crippen LogP contribution < -0.4 is 10.1 Å². The first-order chi connectivity index (χ1) is 27.9. The minimum atomic E-state index is -0.543. The molecule has 0 saturated carbocycles. The number of fused-ring (bicyclic) bond motifs is 3. The number of ether oxygens (including phenoxy) is 1. The first kappa shape index (κ1) is 35.7. The SMILES string of the molecule is C=Cc1ccc(COc2ccc(C3(c4cc(C)ccc4C)c4ccccc4-c4ccc(-c5ccc(Nc6ccc(-c7ccc(F)cc7)cc6)cc5)cc43)cc2)cc1. The van der Waals surface area contributed by atoms with Gasteiger partial charge in [0.2, 0.25) is 0 Å². The Hall–Kier alpha value is -6.97. The van der Waals surface area contributed by atoms with Gasteiger partial charge in [0.1, 0.15) is 18.2 Å². The van der Waals surface area contributed by atoms with Crippen LogP contribution in [0.3, 0.4) is 0 Å². The molecule has 1 aliphatic rings. The third-order valence-electron chi connectivity index (χ3n) is 11.3. The number of benzene rings is 8. The lowest BCUT2D eigenvalue weighted by molar-refractivity contribution is 0.306. The van der Waals surface area contributed by atoms with Gasteiger partial charge in [0.15, 0.2) is 0 Å². The van der Waals surface area contributed by atoms with Crippen molar-refractivity contribution in [2.75, 3.05) is 5.32 Å². The third kappa shape index (κ3) is 6.72. The molecular formula is C54H42FNO. The fourth-order valence-electron chi connectivity index (χ4n) is 8.37. The predicted molar refractivity (Wildman–Crippen MR) is 235 cm³/mol. The highest BCUT2D eigenvalue weighted by Crippen LogP contribution is 2.57. The fourth-order valence-corrected chi connectivity index (χ4v) is 8.37. The van der Waals surface area contributed by atoms with E-state index in [1.807, 2.05) is 6.08 Å². The Kier molecular flexibility index (Phi) is 9.36. The second kappa shape index (κ2) is 14.9. The average molecular weight is 740 g/mol. The summed E-state index contributed by atoms with van der Waals surface area (Å²) in [6, 6.07) is 63.2. The van der Waals surface area contributed by atoms with E-state index in [-0.39, 0.29) is 5.82 Å². The average Bonchev–Trinajstić information content (AvgIpc) is 3.55. The van der Waals surface area contributed by atoms with Gasteiger partial charge in [-0.05, 0) is 141 Å². The topological polar surface area (TPSA) is 21.3 Å². The molecule has 0 fully saturated rings. The number of halogens is 1. The molecule has 0 bridgehead atoms. The Morgan fingerprint density at radius 3 is 1.82 bits per heavy atom. The van der Waals surface area contributed by atoms with Gasteiger partial charge in [-0.15, -0.1) is 0 Å². The lowest BCUT2D eigenvalue weighted by Crippen LogP contribution is -2.29. The van der Waals surface area contributed by atoms with E-state index in [0.29, 0.717) is 6.61 Å². The largest absolute Gasteiger partial charge is 0.489 e. The molecule has 57 heavy (non-hydrogen) atoms. The molecule has 0 spiro atoms. The van der Waals surface area contributed by atoms with Crippen LogP contribution in [0.5, 0.6) is 5.75 Å². The van der Waals surface area contributed by atoms with Crippen molar-refractivity contribution in [3.63, 3.8) is 0 Å². The maximum Gasteiger partial charge on any atom is 0.123 e. The van der Waals surface area contributed by atoms with Crippen LogP contribution in [0.25, 0.3) is 39.5 Å². The molecule has 2 nitrogen and oxygen atoms in total. The molecule has 1 N–H and O–H groups in total. The predicted octanol–water partition coefficient (Wildman–Crippen LogP) is 14.1. The highest BCUT2D eigenvalue weighted by atomic mass is 19.1. The van der Waals surface area contributed by atoms with Crippen molar-refractivity contribution in [2.24, 2.45) is 0 Å². The van der Waals surface area contributed by atoms with Crippen LogP contribution in [0.15, 0.2) is 189 Å². The second-order valence-corrected chi connectivity index (χ2v) is 14.9. The smallest absolute Gasteiger partial charge is 0.123 e. The van der Waals surface area contributed by atoms with Gasteiger partial charge in [0, 0.05) is 11.4 Å². The van der Waals surface area contributed by atoms with Crippen molar-refractivity contribution >= 4 is 17.5 Å². The lowest BCUT2D eigenvalue weighted by Gasteiger charge is -2.35. The summed E-state index contributed by atoms with van der Waals surface area (Å²) in [6.07, 6.45) is 1.85. The maximum absolute atomic E-state index is 13.4. The first-order valence-corrected chi connectivity index (χ1v) is 19.4. The van der Waals surface area contributed by atoms with Gasteiger partial charge in [0.05, 0.1) is 5.41 Å². The van der Waals surface area contributed by atoms with Crippen molar-refractivity contribution < 1.29 is 9.13 Å². The Balaban J connectivity index is 1.07. The summed E-state index contributed by atoms with van der Waals surface area (Å²) in [5, 5.41) is 3.55. The summed E-state index contributed by atoms with van der Waals surface area (Å²) in [4.78, 5) is 0. The zero-order valence-corrected chi connectivity index (χ0v) is 32.1. The molecule has 0 aliphatic heterocycles. The van der Waals surface area contributed by atoms with E-state index in [2.05, 4.69) is 183 Å². The molecule has 8 aromatic carbocycles. The Bertz CT molecular complexity index is 2710. The van der Waals surface area contributed by atoms with Gasteiger partial charge in [-0.2, -0.15) is 0 Å². The summed E-state index contributed by atoms with van der Waals surface area (Å²) in [7, 11) is 0. The van der Waals surface area contributed by atoms with Crippen LogP contribution in [0, 0.1) is 19.7 Å². The maximum atomic E-state index is 13.4. The minimum Gasteiger partial charge on any atom is -0.489 e. The van der Waals surface area contributed by atoms with E-state index >= 15 is 0 Å². The molecule has 276 valence electrons. The first-order valence-electron chi connectivity index (χ1n) is 19.4. The number of hydrogen-bond acceptors (Lipinski definition) is 2. The van der Waals surface area contributed by atoms with E-state index in [1.54, 1.807) is 12.1 Å². The monoisotopic (exact) mass is 739 g/mol.